The summed E-state index contributed by atoms with van der Waals surface area (Å²) in [6.45, 7) is 8.23. The maximum atomic E-state index is 8.56. The van der Waals surface area contributed by atoms with Gasteiger partial charge in [0.2, 0.25) is 0 Å². The van der Waals surface area contributed by atoms with Gasteiger partial charge in [-0.25, -0.2) is 4.21 Å². The Hall–Kier alpha value is -2.95. The van der Waals surface area contributed by atoms with Crippen LogP contribution < -0.4 is 0 Å². The van der Waals surface area contributed by atoms with E-state index in [-0.39, 0.29) is 0 Å². The molecule has 1 N–H and O–H groups in total. The molecule has 34 heavy (non-hydrogen) atoms. The molecule has 0 spiro atoms. The van der Waals surface area contributed by atoms with Crippen LogP contribution in [-0.4, -0.2) is 33.3 Å². The Balaban J connectivity index is 0.000000277. The van der Waals surface area contributed by atoms with Crippen LogP contribution in [0.4, 0.5) is 0 Å². The van der Waals surface area contributed by atoms with E-state index in [0.717, 1.165) is 40.1 Å². The molecule has 177 valence electrons. The molecule has 0 saturated carbocycles. The number of rotatable bonds is 2. The van der Waals surface area contributed by atoms with Crippen LogP contribution in [0.25, 0.3) is 22.8 Å². The Morgan fingerprint density at radius 2 is 0.794 bits per heavy atom. The van der Waals surface area contributed by atoms with Crippen LogP contribution in [0, 0.1) is 27.7 Å². The molecule has 10 heteroatoms. The van der Waals surface area contributed by atoms with Crippen molar-refractivity contribution in [2.45, 2.75) is 27.7 Å². The van der Waals surface area contributed by atoms with Crippen molar-refractivity contribution in [2.75, 3.05) is 0 Å². The predicted molar refractivity (Wildman–Crippen MR) is 126 cm³/mol. The van der Waals surface area contributed by atoms with Crippen LogP contribution in [0.2, 0.25) is 0 Å². The number of hydrogen-bond donors (Lipinski definition) is 1. The van der Waals surface area contributed by atoms with Gasteiger partial charge in [-0.2, -0.15) is 0 Å². The molecule has 4 aromatic rings. The Bertz CT molecular complexity index is 1030. The van der Waals surface area contributed by atoms with Crippen LogP contribution in [0.5, 0.6) is 0 Å². The van der Waals surface area contributed by atoms with Crippen molar-refractivity contribution in [3.63, 3.8) is 0 Å². The van der Waals surface area contributed by atoms with E-state index in [1.54, 1.807) is 0 Å². The molecule has 0 aliphatic rings. The molecule has 0 aromatic carbocycles. The fourth-order valence-electron chi connectivity index (χ4n) is 2.70. The number of pyridine rings is 4. The van der Waals surface area contributed by atoms with Gasteiger partial charge >= 0.3 is 21.0 Å². The third-order valence-electron chi connectivity index (χ3n) is 4.19. The minimum atomic E-state index is -2.86. The van der Waals surface area contributed by atoms with E-state index in [4.69, 9.17) is 17.0 Å². The summed E-state index contributed by atoms with van der Waals surface area (Å²) in [6, 6.07) is 16.1. The third-order valence-corrected chi connectivity index (χ3v) is 4.19. The molecule has 0 bridgehead atoms. The summed E-state index contributed by atoms with van der Waals surface area (Å²) in [5.74, 6) is 0. The van der Waals surface area contributed by atoms with E-state index in [0.29, 0.717) is 0 Å². The summed E-state index contributed by atoms with van der Waals surface area (Å²) < 4.78 is 32.3. The summed E-state index contributed by atoms with van der Waals surface area (Å²) >= 11 is -1.80. The van der Waals surface area contributed by atoms with Crippen molar-refractivity contribution < 1.29 is 34.4 Å². The standard InChI is InChI=1S/2C12H12N2.H2O3S.O.V/c2*1-9-3-5-13-11(7-9)12-8-10(2)4-6-14-12;1-4(2)3;;/h2*3-8H,1-2H3;(H2,1,2,3);;/p-1. The molecule has 1 atom stereocenters. The quantitative estimate of drug-likeness (QED) is 0.378. The van der Waals surface area contributed by atoms with Gasteiger partial charge in [0.05, 0.1) is 34.1 Å². The van der Waals surface area contributed by atoms with Crippen LogP contribution in [0.1, 0.15) is 22.3 Å². The number of nitrogens with zero attached hydrogens (tertiary/aromatic N) is 4. The van der Waals surface area contributed by atoms with Crippen LogP contribution in [0.3, 0.4) is 0 Å². The molecular formula is C24H25N4O4SV-. The predicted octanol–water partition coefficient (Wildman–Crippen LogP) is 4.74. The molecule has 4 aromatic heterocycles. The average Bonchev–Trinajstić information content (AvgIpc) is 2.81. The van der Waals surface area contributed by atoms with Crippen molar-refractivity contribution >= 4 is 11.4 Å². The zero-order valence-corrected chi connectivity index (χ0v) is 21.5. The SMILES string of the molecule is Cc1ccnc(-c2cc(C)ccn2)c1.Cc1ccnc(-c2cc(C)ccn2)c1.O=S([O-])O.[O]=[V]. The first-order chi connectivity index (χ1) is 16.2. The van der Waals surface area contributed by atoms with E-state index in [2.05, 4.69) is 47.6 Å². The first-order valence-electron chi connectivity index (χ1n) is 9.92. The molecule has 0 amide bonds. The monoisotopic (exact) mass is 516 g/mol. The van der Waals surface area contributed by atoms with Gasteiger partial charge in [-0.05, 0) is 98.5 Å². The molecular weight excluding hydrogens is 491 g/mol. The fourth-order valence-corrected chi connectivity index (χ4v) is 2.70. The normalized spacial score (nSPS) is 10.3. The Morgan fingerprint density at radius 3 is 0.941 bits per heavy atom. The molecule has 0 aliphatic carbocycles. The minimum absolute atomic E-state index is 0.939. The summed E-state index contributed by atoms with van der Waals surface area (Å²) in [5, 5.41) is 0. The second-order valence-corrected chi connectivity index (χ2v) is 7.53. The second-order valence-electron chi connectivity index (χ2n) is 7.09. The van der Waals surface area contributed by atoms with Gasteiger partial charge in [0.25, 0.3) is 0 Å². The van der Waals surface area contributed by atoms with Gasteiger partial charge < -0.3 is 9.11 Å². The van der Waals surface area contributed by atoms with Gasteiger partial charge in [-0.3, -0.25) is 19.9 Å². The molecule has 0 radical (unpaired) electrons. The first kappa shape index (κ1) is 29.1. The van der Waals surface area contributed by atoms with Gasteiger partial charge in [0, 0.05) is 24.8 Å². The topological polar surface area (TPSA) is 129 Å². The molecule has 0 fully saturated rings. The number of aromatic nitrogens is 4. The molecule has 0 aliphatic heterocycles. The molecule has 8 nitrogen and oxygen atoms in total. The van der Waals surface area contributed by atoms with Gasteiger partial charge in [0.15, 0.2) is 0 Å². The summed E-state index contributed by atoms with van der Waals surface area (Å²) in [6.07, 6.45) is 7.26. The van der Waals surface area contributed by atoms with Crippen molar-refractivity contribution in [3.05, 3.63) is 95.6 Å². The summed E-state index contributed by atoms with van der Waals surface area (Å²) in [5.41, 5.74) is 8.58. The maximum absolute atomic E-state index is 8.56. The van der Waals surface area contributed by atoms with E-state index in [9.17, 15) is 0 Å². The van der Waals surface area contributed by atoms with Gasteiger partial charge in [-0.1, -0.05) is 0 Å². The van der Waals surface area contributed by atoms with Crippen molar-refractivity contribution in [2.24, 2.45) is 0 Å². The number of hydrogen-bond acceptors (Lipinski definition) is 7. The van der Waals surface area contributed by atoms with Crippen LogP contribution in [-0.2, 0) is 32.4 Å². The summed E-state index contributed by atoms with van der Waals surface area (Å²) in [7, 11) is 0. The Morgan fingerprint density at radius 1 is 0.618 bits per heavy atom. The zero-order valence-electron chi connectivity index (χ0n) is 19.2. The average molecular weight is 516 g/mol. The second kappa shape index (κ2) is 15.8. The molecule has 4 heterocycles. The zero-order chi connectivity index (χ0) is 25.5. The Kier molecular flexibility index (Phi) is 13.5. The van der Waals surface area contributed by atoms with Gasteiger partial charge in [0.1, 0.15) is 0 Å². The van der Waals surface area contributed by atoms with Crippen LogP contribution in [0.15, 0.2) is 73.3 Å². The van der Waals surface area contributed by atoms with E-state index < -0.39 is 11.4 Å². The van der Waals surface area contributed by atoms with Crippen molar-refractivity contribution in [1.82, 2.24) is 19.9 Å². The molecule has 1 unspecified atom stereocenters. The fraction of sp³-hybridized carbons (Fsp3) is 0.167. The van der Waals surface area contributed by atoms with Crippen molar-refractivity contribution in [1.29, 1.82) is 0 Å². The summed E-state index contributed by atoms with van der Waals surface area (Å²) in [4.78, 5) is 17.2. The molecule has 0 saturated heterocycles. The number of aryl methyl sites for hydroxylation is 4. The Labute approximate surface area is 211 Å². The first-order valence-corrected chi connectivity index (χ1v) is 11.5. The van der Waals surface area contributed by atoms with E-state index in [1.807, 2.05) is 73.3 Å². The van der Waals surface area contributed by atoms with E-state index in [1.165, 1.54) is 22.3 Å². The molecule has 4 rings (SSSR count). The van der Waals surface area contributed by atoms with Gasteiger partial charge in [-0.15, -0.1) is 0 Å². The third kappa shape index (κ3) is 11.3. The van der Waals surface area contributed by atoms with E-state index >= 15 is 0 Å². The van der Waals surface area contributed by atoms with Crippen LogP contribution >= 0.6 is 0 Å². The van der Waals surface area contributed by atoms with Crippen molar-refractivity contribution in [3.8, 4) is 22.8 Å².